The van der Waals surface area contributed by atoms with Crippen molar-refractivity contribution in [3.63, 3.8) is 0 Å². The number of halogens is 2. The molecule has 1 N–H and O–H groups in total. The molecule has 5 heteroatoms. The molecule has 0 amide bonds. The molecule has 176 valence electrons. The molecule has 1 aliphatic carbocycles. The molecule has 1 heterocycles. The minimum Gasteiger partial charge on any atom is -0.396 e. The highest BCUT2D eigenvalue weighted by molar-refractivity contribution is 7.10. The number of hydrogen-bond acceptors (Lipinski definition) is 3. The second-order valence-electron chi connectivity index (χ2n) is 9.72. The Morgan fingerprint density at radius 3 is 2.63 bits per heavy atom. The van der Waals surface area contributed by atoms with Crippen LogP contribution in [0, 0.1) is 25.6 Å². The van der Waals surface area contributed by atoms with Crippen LogP contribution in [0.15, 0.2) is 60.0 Å². The predicted molar refractivity (Wildman–Crippen MR) is 144 cm³/mol. The molecule has 4 aromatic carbocycles. The first-order valence-corrected chi connectivity index (χ1v) is 13.2. The monoisotopic (exact) mass is 501 g/mol. The highest BCUT2D eigenvalue weighted by atomic mass is 35.5. The lowest BCUT2D eigenvalue weighted by molar-refractivity contribution is 0.208. The Labute approximate surface area is 213 Å². The fourth-order valence-electron chi connectivity index (χ4n) is 5.91. The first-order chi connectivity index (χ1) is 16.9. The molecule has 0 bridgehead atoms. The maximum atomic E-state index is 14.4. The minimum atomic E-state index is -0.246. The summed E-state index contributed by atoms with van der Waals surface area (Å²) in [5.74, 6) is -0.0525. The van der Waals surface area contributed by atoms with Gasteiger partial charge >= 0.3 is 0 Å². The number of benzene rings is 4. The lowest BCUT2D eigenvalue weighted by Crippen LogP contribution is -2.22. The van der Waals surface area contributed by atoms with E-state index in [2.05, 4.69) is 49.2 Å². The third kappa shape index (κ3) is 3.85. The average Bonchev–Trinajstić information content (AvgIpc) is 3.28. The van der Waals surface area contributed by atoms with Crippen LogP contribution in [0.25, 0.3) is 32.7 Å². The van der Waals surface area contributed by atoms with Crippen molar-refractivity contribution in [1.29, 1.82) is 0 Å². The number of rotatable bonds is 3. The minimum absolute atomic E-state index is 0.0563. The number of hydrogen-bond donors (Lipinski definition) is 1. The Balaban J connectivity index is 1.76. The molecule has 5 aromatic rings. The summed E-state index contributed by atoms with van der Waals surface area (Å²) in [6.45, 7) is 4.39. The first kappa shape index (κ1) is 22.7. The van der Waals surface area contributed by atoms with E-state index in [-0.39, 0.29) is 24.3 Å². The standard InChI is InChI=1S/C30H25ClFNOS/c1-16-8-17(2)22-6-7-23-28-20(10-18(14-34)11-26(28)30-33-27(31)15-35-30)13-24(29(23)25(22)9-16)19-4-3-5-21(32)12-19/h3-9,12-13,15,18,26,34H,10-11,14H2,1-2H3. The largest absolute Gasteiger partial charge is 0.396 e. The number of fused-ring (bicyclic) bond motifs is 5. The van der Waals surface area contributed by atoms with Crippen LogP contribution < -0.4 is 0 Å². The van der Waals surface area contributed by atoms with Gasteiger partial charge in [-0.1, -0.05) is 59.6 Å². The molecule has 2 nitrogen and oxygen atoms in total. The molecular weight excluding hydrogens is 477 g/mol. The summed E-state index contributed by atoms with van der Waals surface area (Å²) >= 11 is 7.82. The van der Waals surface area contributed by atoms with Gasteiger partial charge in [-0.2, -0.15) is 0 Å². The van der Waals surface area contributed by atoms with Gasteiger partial charge in [0.05, 0.1) is 0 Å². The molecule has 0 fully saturated rings. The number of thiazole rings is 1. The summed E-state index contributed by atoms with van der Waals surface area (Å²) in [5.41, 5.74) is 6.79. The second-order valence-corrected chi connectivity index (χ2v) is 11.0. The molecule has 0 aliphatic heterocycles. The third-order valence-corrected chi connectivity index (χ3v) is 8.60. The zero-order valence-electron chi connectivity index (χ0n) is 19.6. The molecule has 0 radical (unpaired) electrons. The number of aliphatic hydroxyl groups excluding tert-OH is 1. The Bertz CT molecular complexity index is 1610. The van der Waals surface area contributed by atoms with E-state index < -0.39 is 0 Å². The second kappa shape index (κ2) is 8.70. The van der Waals surface area contributed by atoms with Crippen LogP contribution in [0.4, 0.5) is 4.39 Å². The van der Waals surface area contributed by atoms with Crippen molar-refractivity contribution in [3.05, 3.63) is 98.2 Å². The lowest BCUT2D eigenvalue weighted by atomic mass is 9.73. The highest BCUT2D eigenvalue weighted by Gasteiger charge is 2.32. The Morgan fingerprint density at radius 1 is 1.06 bits per heavy atom. The van der Waals surface area contributed by atoms with Crippen molar-refractivity contribution in [2.75, 3.05) is 6.61 Å². The zero-order valence-corrected chi connectivity index (χ0v) is 21.2. The summed E-state index contributed by atoms with van der Waals surface area (Å²) < 4.78 is 14.4. The maximum absolute atomic E-state index is 14.4. The summed E-state index contributed by atoms with van der Waals surface area (Å²) in [7, 11) is 0. The fourth-order valence-corrected chi connectivity index (χ4v) is 6.99. The van der Waals surface area contributed by atoms with Crippen LogP contribution in [0.3, 0.4) is 0 Å². The fraction of sp³-hybridized carbons (Fsp3) is 0.233. The van der Waals surface area contributed by atoms with Crippen molar-refractivity contribution in [3.8, 4) is 11.1 Å². The number of aromatic nitrogens is 1. The van der Waals surface area contributed by atoms with Gasteiger partial charge in [-0.25, -0.2) is 9.37 Å². The van der Waals surface area contributed by atoms with Crippen molar-refractivity contribution in [2.24, 2.45) is 5.92 Å². The summed E-state index contributed by atoms with van der Waals surface area (Å²) in [6, 6.07) is 18.0. The van der Waals surface area contributed by atoms with Crippen molar-refractivity contribution in [2.45, 2.75) is 32.6 Å². The van der Waals surface area contributed by atoms with Gasteiger partial charge in [0.15, 0.2) is 0 Å². The summed E-state index contributed by atoms with van der Waals surface area (Å²) in [5, 5.41) is 18.2. The van der Waals surface area contributed by atoms with E-state index >= 15 is 0 Å². The van der Waals surface area contributed by atoms with Crippen LogP contribution >= 0.6 is 22.9 Å². The molecule has 0 saturated heterocycles. The van der Waals surface area contributed by atoms with E-state index in [1.54, 1.807) is 23.5 Å². The molecule has 0 saturated carbocycles. The Morgan fingerprint density at radius 2 is 1.89 bits per heavy atom. The number of aliphatic hydroxyl groups is 1. The average molecular weight is 502 g/mol. The van der Waals surface area contributed by atoms with Gasteiger partial charge in [-0.15, -0.1) is 11.3 Å². The lowest BCUT2D eigenvalue weighted by Gasteiger charge is -2.32. The van der Waals surface area contributed by atoms with E-state index in [0.29, 0.717) is 5.15 Å². The maximum Gasteiger partial charge on any atom is 0.140 e. The molecular formula is C30H25ClFNOS. The summed E-state index contributed by atoms with van der Waals surface area (Å²) in [4.78, 5) is 4.64. The molecule has 35 heavy (non-hydrogen) atoms. The van der Waals surface area contributed by atoms with Crippen molar-refractivity contribution < 1.29 is 9.50 Å². The molecule has 1 aliphatic rings. The van der Waals surface area contributed by atoms with Gasteiger partial charge in [-0.05, 0) is 94.1 Å². The highest BCUT2D eigenvalue weighted by Crippen LogP contribution is 2.48. The van der Waals surface area contributed by atoms with Gasteiger partial charge in [0.2, 0.25) is 0 Å². The summed E-state index contributed by atoms with van der Waals surface area (Å²) in [6.07, 6.45) is 1.61. The molecule has 0 spiro atoms. The quantitative estimate of drug-likeness (QED) is 0.253. The van der Waals surface area contributed by atoms with Crippen LogP contribution in [-0.4, -0.2) is 16.7 Å². The van der Waals surface area contributed by atoms with Crippen LogP contribution in [0.1, 0.15) is 39.6 Å². The van der Waals surface area contributed by atoms with Crippen LogP contribution in [0.5, 0.6) is 0 Å². The van der Waals surface area contributed by atoms with E-state index in [0.717, 1.165) is 34.4 Å². The molecule has 1 aromatic heterocycles. The van der Waals surface area contributed by atoms with E-state index in [1.807, 2.05) is 11.4 Å². The Hall–Kier alpha value is -2.79. The molecule has 6 rings (SSSR count). The first-order valence-electron chi connectivity index (χ1n) is 11.9. The number of nitrogens with zero attached hydrogens (tertiary/aromatic N) is 1. The van der Waals surface area contributed by atoms with E-state index in [4.69, 9.17) is 11.6 Å². The smallest absolute Gasteiger partial charge is 0.140 e. The van der Waals surface area contributed by atoms with Crippen LogP contribution in [0.2, 0.25) is 5.15 Å². The van der Waals surface area contributed by atoms with E-state index in [1.165, 1.54) is 44.5 Å². The van der Waals surface area contributed by atoms with Gasteiger partial charge in [0, 0.05) is 17.9 Å². The normalized spacial score (nSPS) is 17.7. The SMILES string of the molecule is Cc1cc(C)c2ccc3c4c(cc(-c5cccc(F)c5)c3c2c1)CC(CO)CC4c1nc(Cl)cs1. The van der Waals surface area contributed by atoms with Gasteiger partial charge in [-0.3, -0.25) is 0 Å². The van der Waals surface area contributed by atoms with Gasteiger partial charge in [0.25, 0.3) is 0 Å². The van der Waals surface area contributed by atoms with Crippen molar-refractivity contribution in [1.82, 2.24) is 4.98 Å². The number of aryl methyl sites for hydroxylation is 2. The molecule has 2 atom stereocenters. The van der Waals surface area contributed by atoms with Crippen LogP contribution in [-0.2, 0) is 6.42 Å². The van der Waals surface area contributed by atoms with Crippen molar-refractivity contribution >= 4 is 44.5 Å². The topological polar surface area (TPSA) is 33.1 Å². The van der Waals surface area contributed by atoms with E-state index in [9.17, 15) is 9.50 Å². The van der Waals surface area contributed by atoms with Gasteiger partial charge in [0.1, 0.15) is 16.0 Å². The predicted octanol–water partition coefficient (Wildman–Crippen LogP) is 8.21. The molecule has 2 unspecified atom stereocenters. The van der Waals surface area contributed by atoms with Gasteiger partial charge < -0.3 is 5.11 Å². The third-order valence-electron chi connectivity index (χ3n) is 7.32. The Kier molecular flexibility index (Phi) is 5.63. The zero-order chi connectivity index (χ0) is 24.3.